The summed E-state index contributed by atoms with van der Waals surface area (Å²) in [7, 11) is 0. The maximum absolute atomic E-state index is 9.75. The molecule has 0 unspecified atom stereocenters. The van der Waals surface area contributed by atoms with E-state index in [0.29, 0.717) is 0 Å². The fourth-order valence-corrected chi connectivity index (χ4v) is 2.00. The number of rotatable bonds is 9. The van der Waals surface area contributed by atoms with Crippen molar-refractivity contribution in [2.24, 2.45) is 0 Å². The lowest BCUT2D eigenvalue weighted by molar-refractivity contribution is 0.143. The van der Waals surface area contributed by atoms with Gasteiger partial charge in [-0.05, 0) is 45.1 Å². The third-order valence-electron chi connectivity index (χ3n) is 3.25. The molecule has 0 aromatic heterocycles. The molecule has 0 amide bonds. The Morgan fingerprint density at radius 3 is 2.10 bits per heavy atom. The summed E-state index contributed by atoms with van der Waals surface area (Å²) in [4.78, 5) is 0. The van der Waals surface area contributed by atoms with Crippen molar-refractivity contribution in [2.45, 2.75) is 84.7 Å². The predicted octanol–water partition coefficient (Wildman–Crippen LogP) is 4.21. The third-order valence-corrected chi connectivity index (χ3v) is 3.25. The Morgan fingerprint density at radius 2 is 1.60 bits per heavy atom. The van der Waals surface area contributed by atoms with Gasteiger partial charge in [0.15, 0.2) is 0 Å². The van der Waals surface area contributed by atoms with Gasteiger partial charge in [-0.15, -0.1) is 0 Å². The molecule has 2 nitrogen and oxygen atoms in total. The number of aliphatic hydroxyl groups excluding tert-OH is 1. The van der Waals surface area contributed by atoms with Crippen LogP contribution in [0.3, 0.4) is 0 Å². The lowest BCUT2D eigenvalue weighted by atomic mass is 9.97. The second kappa shape index (κ2) is 10.9. The Morgan fingerprint density at radius 1 is 0.950 bits per heavy atom. The predicted molar refractivity (Wildman–Crippen MR) is 86.5 cm³/mol. The molecule has 0 saturated carbocycles. The van der Waals surface area contributed by atoms with Gasteiger partial charge < -0.3 is 10.2 Å². The molecule has 0 radical (unpaired) electrons. The molecule has 0 bridgehead atoms. The van der Waals surface area contributed by atoms with Crippen LogP contribution in [0.5, 0.6) is 0 Å². The maximum atomic E-state index is 9.75. The molecule has 0 rings (SSSR count). The van der Waals surface area contributed by atoms with E-state index in [2.05, 4.69) is 25.7 Å². The molecule has 2 heteroatoms. The number of unbranched alkanes of at least 4 members (excludes halogenated alkanes) is 4. The van der Waals surface area contributed by atoms with Crippen LogP contribution in [0.2, 0.25) is 0 Å². The normalized spacial score (nSPS) is 12.7. The molecule has 0 aromatic carbocycles. The molecule has 116 valence electrons. The van der Waals surface area contributed by atoms with Crippen LogP contribution in [-0.4, -0.2) is 22.4 Å². The summed E-state index contributed by atoms with van der Waals surface area (Å²) in [5.41, 5.74) is 1.12. The smallest absolute Gasteiger partial charge is 0.120 e. The summed E-state index contributed by atoms with van der Waals surface area (Å²) in [6.45, 7) is 7.83. The molecule has 0 aliphatic rings. The monoisotopic (exact) mass is 280 g/mol. The van der Waals surface area contributed by atoms with Crippen LogP contribution in [0.15, 0.2) is 11.1 Å². The summed E-state index contributed by atoms with van der Waals surface area (Å²) >= 11 is 0. The van der Waals surface area contributed by atoms with E-state index in [-0.39, 0.29) is 6.61 Å². The van der Waals surface area contributed by atoms with Crippen molar-refractivity contribution < 1.29 is 10.2 Å². The van der Waals surface area contributed by atoms with Crippen LogP contribution >= 0.6 is 0 Å². The van der Waals surface area contributed by atoms with Crippen LogP contribution in [0.1, 0.15) is 79.1 Å². The minimum atomic E-state index is -0.972. The first kappa shape index (κ1) is 19.2. The second-order valence-electron chi connectivity index (χ2n) is 5.96. The van der Waals surface area contributed by atoms with Gasteiger partial charge in [0.05, 0.1) is 6.61 Å². The zero-order valence-electron chi connectivity index (χ0n) is 13.8. The molecule has 0 spiro atoms. The van der Waals surface area contributed by atoms with Gasteiger partial charge in [-0.3, -0.25) is 0 Å². The van der Waals surface area contributed by atoms with Gasteiger partial charge in [0.25, 0.3) is 0 Å². The van der Waals surface area contributed by atoms with Gasteiger partial charge in [0.1, 0.15) is 5.60 Å². The van der Waals surface area contributed by atoms with Crippen molar-refractivity contribution in [1.82, 2.24) is 0 Å². The first-order chi connectivity index (χ1) is 9.44. The van der Waals surface area contributed by atoms with Crippen LogP contribution in [0.25, 0.3) is 0 Å². The highest BCUT2D eigenvalue weighted by molar-refractivity contribution is 5.35. The molecule has 0 saturated heterocycles. The molecular formula is C18H32O2. The number of hydrogen-bond donors (Lipinski definition) is 2. The Kier molecular flexibility index (Phi) is 10.5. The van der Waals surface area contributed by atoms with E-state index in [0.717, 1.165) is 43.3 Å². The highest BCUT2D eigenvalue weighted by Crippen LogP contribution is 2.18. The highest BCUT2D eigenvalue weighted by atomic mass is 16.3. The first-order valence-electron chi connectivity index (χ1n) is 8.01. The van der Waals surface area contributed by atoms with Crippen LogP contribution in [0.4, 0.5) is 0 Å². The molecule has 0 aliphatic carbocycles. The first-order valence-corrected chi connectivity index (χ1v) is 8.01. The van der Waals surface area contributed by atoms with E-state index in [1.54, 1.807) is 13.8 Å². The summed E-state index contributed by atoms with van der Waals surface area (Å²) in [5.74, 6) is 6.01. The maximum Gasteiger partial charge on any atom is 0.120 e. The quantitative estimate of drug-likeness (QED) is 0.490. The Balaban J connectivity index is 4.89. The Bertz CT molecular complexity index is 337. The van der Waals surface area contributed by atoms with Crippen molar-refractivity contribution in [1.29, 1.82) is 0 Å². The van der Waals surface area contributed by atoms with Gasteiger partial charge in [0, 0.05) is 5.57 Å². The molecule has 0 aliphatic heterocycles. The average molecular weight is 280 g/mol. The van der Waals surface area contributed by atoms with E-state index in [1.807, 2.05) is 0 Å². The SMILES string of the molecule is CCCCCC/C(C#CC(C)(C)O)=C(/CO)CCCC. The van der Waals surface area contributed by atoms with Gasteiger partial charge in [0.2, 0.25) is 0 Å². The minimum absolute atomic E-state index is 0.0870. The summed E-state index contributed by atoms with van der Waals surface area (Å²) in [6.07, 6.45) is 8.81. The fourth-order valence-electron chi connectivity index (χ4n) is 2.00. The highest BCUT2D eigenvalue weighted by Gasteiger charge is 2.08. The number of allylic oxidation sites excluding steroid dienone is 1. The lowest BCUT2D eigenvalue weighted by Gasteiger charge is -2.11. The van der Waals surface area contributed by atoms with Crippen molar-refractivity contribution in [3.63, 3.8) is 0 Å². The van der Waals surface area contributed by atoms with Crippen LogP contribution in [-0.2, 0) is 0 Å². The molecule has 0 aromatic rings. The zero-order valence-corrected chi connectivity index (χ0v) is 13.8. The zero-order chi connectivity index (χ0) is 15.4. The molecule has 20 heavy (non-hydrogen) atoms. The summed E-state index contributed by atoms with van der Waals surface area (Å²) < 4.78 is 0. The molecule has 0 atom stereocenters. The van der Waals surface area contributed by atoms with Crippen molar-refractivity contribution in [3.8, 4) is 11.8 Å². The molecule has 0 fully saturated rings. The lowest BCUT2D eigenvalue weighted by Crippen LogP contribution is -2.14. The Labute approximate surface area is 125 Å². The van der Waals surface area contributed by atoms with Crippen molar-refractivity contribution in [2.75, 3.05) is 6.61 Å². The van der Waals surface area contributed by atoms with Crippen molar-refractivity contribution in [3.05, 3.63) is 11.1 Å². The second-order valence-corrected chi connectivity index (χ2v) is 5.96. The van der Waals surface area contributed by atoms with E-state index in [1.165, 1.54) is 19.3 Å². The van der Waals surface area contributed by atoms with Gasteiger partial charge in [-0.1, -0.05) is 51.4 Å². The minimum Gasteiger partial charge on any atom is -0.392 e. The largest absolute Gasteiger partial charge is 0.392 e. The van der Waals surface area contributed by atoms with Crippen LogP contribution < -0.4 is 0 Å². The molecule has 0 heterocycles. The molecule has 2 N–H and O–H groups in total. The van der Waals surface area contributed by atoms with E-state index >= 15 is 0 Å². The van der Waals surface area contributed by atoms with Gasteiger partial charge >= 0.3 is 0 Å². The van der Waals surface area contributed by atoms with Crippen LogP contribution in [0, 0.1) is 11.8 Å². The Hall–Kier alpha value is -0.780. The summed E-state index contributed by atoms with van der Waals surface area (Å²) in [5, 5.41) is 19.3. The van der Waals surface area contributed by atoms with Gasteiger partial charge in [-0.2, -0.15) is 0 Å². The standard InChI is InChI=1S/C18H32O2/c1-5-7-9-10-12-16(13-14-18(3,4)20)17(15-19)11-8-6-2/h19-20H,5-12,15H2,1-4H3/b17-16-. The van der Waals surface area contributed by atoms with E-state index in [4.69, 9.17) is 0 Å². The number of hydrogen-bond acceptors (Lipinski definition) is 2. The van der Waals surface area contributed by atoms with E-state index < -0.39 is 5.60 Å². The topological polar surface area (TPSA) is 40.5 Å². The molecular weight excluding hydrogens is 248 g/mol. The summed E-state index contributed by atoms with van der Waals surface area (Å²) in [6, 6.07) is 0. The number of aliphatic hydroxyl groups is 2. The van der Waals surface area contributed by atoms with Gasteiger partial charge in [-0.25, -0.2) is 0 Å². The average Bonchev–Trinajstić information content (AvgIpc) is 2.39. The third kappa shape index (κ3) is 10.1. The van der Waals surface area contributed by atoms with Crippen molar-refractivity contribution >= 4 is 0 Å². The van der Waals surface area contributed by atoms with E-state index in [9.17, 15) is 10.2 Å². The fraction of sp³-hybridized carbons (Fsp3) is 0.778.